The number of hydrogen-bond acceptors (Lipinski definition) is 3. The third-order valence-corrected chi connectivity index (χ3v) is 4.44. The van der Waals surface area contributed by atoms with E-state index in [0.29, 0.717) is 5.92 Å². The van der Waals surface area contributed by atoms with E-state index >= 15 is 0 Å². The molecule has 5 nitrogen and oxygen atoms in total. The highest BCUT2D eigenvalue weighted by Gasteiger charge is 2.28. The van der Waals surface area contributed by atoms with Gasteiger partial charge in [0.25, 0.3) is 0 Å². The van der Waals surface area contributed by atoms with E-state index in [1.54, 1.807) is 6.20 Å². The first-order valence-corrected chi connectivity index (χ1v) is 7.91. The number of anilines is 1. The molecule has 1 aromatic heterocycles. The summed E-state index contributed by atoms with van der Waals surface area (Å²) in [6.07, 6.45) is 5.51. The van der Waals surface area contributed by atoms with Crippen LogP contribution in [-0.2, 0) is 0 Å². The first-order chi connectivity index (χ1) is 10.2. The van der Waals surface area contributed by atoms with Crippen molar-refractivity contribution in [2.45, 2.75) is 26.2 Å². The van der Waals surface area contributed by atoms with Crippen molar-refractivity contribution in [1.29, 1.82) is 0 Å². The van der Waals surface area contributed by atoms with Crippen LogP contribution in [0.2, 0.25) is 0 Å². The van der Waals surface area contributed by atoms with Crippen molar-refractivity contribution in [3.8, 4) is 0 Å². The van der Waals surface area contributed by atoms with Crippen LogP contribution in [0.15, 0.2) is 18.3 Å². The number of likely N-dealkylation sites (tertiary alicyclic amines) is 2. The number of hydrogen-bond donors (Lipinski definition) is 1. The van der Waals surface area contributed by atoms with Crippen molar-refractivity contribution in [2.24, 2.45) is 5.92 Å². The number of nitrogens with one attached hydrogen (secondary N) is 1. The van der Waals surface area contributed by atoms with Crippen LogP contribution < -0.4 is 5.32 Å². The van der Waals surface area contributed by atoms with E-state index in [9.17, 15) is 4.79 Å². The van der Waals surface area contributed by atoms with Gasteiger partial charge in [-0.15, -0.1) is 0 Å². The largest absolute Gasteiger partial charge is 0.324 e. The molecule has 2 aliphatic rings. The third-order valence-electron chi connectivity index (χ3n) is 4.44. The number of aromatic nitrogens is 1. The zero-order chi connectivity index (χ0) is 14.7. The Labute approximate surface area is 126 Å². The van der Waals surface area contributed by atoms with Gasteiger partial charge in [-0.3, -0.25) is 4.98 Å². The molecule has 2 saturated heterocycles. The number of amides is 2. The number of nitrogens with zero attached hydrogens (tertiary/aromatic N) is 3. The lowest BCUT2D eigenvalue weighted by molar-refractivity contribution is 0.217. The fourth-order valence-electron chi connectivity index (χ4n) is 3.32. The van der Waals surface area contributed by atoms with Gasteiger partial charge in [-0.25, -0.2) is 4.79 Å². The van der Waals surface area contributed by atoms with E-state index in [-0.39, 0.29) is 6.03 Å². The van der Waals surface area contributed by atoms with E-state index in [2.05, 4.69) is 15.2 Å². The Kier molecular flexibility index (Phi) is 4.39. The van der Waals surface area contributed by atoms with E-state index in [1.165, 1.54) is 25.9 Å². The lowest BCUT2D eigenvalue weighted by Crippen LogP contribution is -2.34. The van der Waals surface area contributed by atoms with Crippen LogP contribution in [0.3, 0.4) is 0 Å². The molecule has 0 aromatic carbocycles. The van der Waals surface area contributed by atoms with Gasteiger partial charge in [0.1, 0.15) is 0 Å². The number of rotatable bonds is 3. The monoisotopic (exact) mass is 288 g/mol. The topological polar surface area (TPSA) is 48.5 Å². The Morgan fingerprint density at radius 1 is 1.38 bits per heavy atom. The molecule has 0 aliphatic carbocycles. The van der Waals surface area contributed by atoms with Crippen molar-refractivity contribution in [2.75, 3.05) is 38.0 Å². The molecule has 2 amide bonds. The molecule has 1 N–H and O–H groups in total. The Morgan fingerprint density at radius 2 is 2.19 bits per heavy atom. The molecule has 0 bridgehead atoms. The molecule has 0 unspecified atom stereocenters. The molecule has 3 heterocycles. The number of carbonyl (C=O) groups excluding carboxylic acids is 1. The third kappa shape index (κ3) is 3.73. The van der Waals surface area contributed by atoms with E-state index in [1.807, 2.05) is 24.0 Å². The second kappa shape index (κ2) is 6.43. The number of pyridine rings is 1. The van der Waals surface area contributed by atoms with Gasteiger partial charge in [0.15, 0.2) is 0 Å². The van der Waals surface area contributed by atoms with Crippen LogP contribution in [0.5, 0.6) is 0 Å². The second-order valence-corrected chi connectivity index (χ2v) is 6.22. The lowest BCUT2D eigenvalue weighted by atomic mass is 10.1. The van der Waals surface area contributed by atoms with Gasteiger partial charge in [-0.1, -0.05) is 0 Å². The maximum atomic E-state index is 12.3. The molecule has 1 atom stereocenters. The second-order valence-electron chi connectivity index (χ2n) is 6.22. The van der Waals surface area contributed by atoms with Gasteiger partial charge >= 0.3 is 6.03 Å². The van der Waals surface area contributed by atoms with Crippen LogP contribution in [0.25, 0.3) is 0 Å². The van der Waals surface area contributed by atoms with E-state index in [4.69, 9.17) is 0 Å². The van der Waals surface area contributed by atoms with Crippen molar-refractivity contribution in [3.05, 3.63) is 24.0 Å². The highest BCUT2D eigenvalue weighted by molar-refractivity contribution is 5.89. The molecule has 0 spiro atoms. The summed E-state index contributed by atoms with van der Waals surface area (Å²) in [6.45, 7) is 7.30. The Bertz CT molecular complexity index is 499. The predicted octanol–water partition coefficient (Wildman–Crippen LogP) is 2.34. The molecule has 3 rings (SSSR count). The summed E-state index contributed by atoms with van der Waals surface area (Å²) in [7, 11) is 0. The molecule has 0 saturated carbocycles. The highest BCUT2D eigenvalue weighted by atomic mass is 16.2. The summed E-state index contributed by atoms with van der Waals surface area (Å²) in [5.74, 6) is 0.632. The van der Waals surface area contributed by atoms with Crippen LogP contribution in [-0.4, -0.2) is 53.5 Å². The van der Waals surface area contributed by atoms with Crippen molar-refractivity contribution in [1.82, 2.24) is 14.8 Å². The summed E-state index contributed by atoms with van der Waals surface area (Å²) in [5, 5.41) is 2.97. The molecular formula is C16H24N4O. The van der Waals surface area contributed by atoms with Gasteiger partial charge in [-0.2, -0.15) is 0 Å². The smallest absolute Gasteiger partial charge is 0.321 e. The Morgan fingerprint density at radius 3 is 2.95 bits per heavy atom. The number of aryl methyl sites for hydroxylation is 1. The molecule has 5 heteroatoms. The van der Waals surface area contributed by atoms with Crippen LogP contribution in [0.4, 0.5) is 10.5 Å². The fourth-order valence-corrected chi connectivity index (χ4v) is 3.32. The minimum Gasteiger partial charge on any atom is -0.324 e. The average Bonchev–Trinajstić information content (AvgIpc) is 3.11. The zero-order valence-electron chi connectivity index (χ0n) is 12.7. The van der Waals surface area contributed by atoms with Crippen molar-refractivity contribution < 1.29 is 4.79 Å². The first kappa shape index (κ1) is 14.3. The average molecular weight is 288 g/mol. The van der Waals surface area contributed by atoms with Crippen LogP contribution >= 0.6 is 0 Å². The summed E-state index contributed by atoms with van der Waals surface area (Å²) in [4.78, 5) is 20.9. The number of urea groups is 1. The predicted molar refractivity (Wildman–Crippen MR) is 83.3 cm³/mol. The maximum absolute atomic E-state index is 12.3. The minimum atomic E-state index is 0.0181. The van der Waals surface area contributed by atoms with E-state index < -0.39 is 0 Å². The number of carbonyl (C=O) groups is 1. The molecule has 2 aliphatic heterocycles. The Hall–Kier alpha value is -1.62. The summed E-state index contributed by atoms with van der Waals surface area (Å²) in [6, 6.07) is 3.75. The fraction of sp³-hybridized carbons (Fsp3) is 0.625. The standard InChI is InChI=1S/C16H24N4O/c1-13-10-15(4-6-17-13)18-16(21)20-9-5-14(12-20)11-19-7-2-3-8-19/h4,6,10,14H,2-3,5,7-9,11-12H2,1H3,(H,17,18,21)/t14-/m0/s1. The van der Waals surface area contributed by atoms with Gasteiger partial charge in [-0.05, 0) is 57.3 Å². The zero-order valence-corrected chi connectivity index (χ0v) is 12.7. The van der Waals surface area contributed by atoms with Crippen molar-refractivity contribution in [3.63, 3.8) is 0 Å². The van der Waals surface area contributed by atoms with Gasteiger partial charge < -0.3 is 15.1 Å². The molecule has 0 radical (unpaired) electrons. The summed E-state index contributed by atoms with van der Waals surface area (Å²) < 4.78 is 0. The van der Waals surface area contributed by atoms with Crippen molar-refractivity contribution >= 4 is 11.7 Å². The van der Waals surface area contributed by atoms with Crippen LogP contribution in [0.1, 0.15) is 25.0 Å². The quantitative estimate of drug-likeness (QED) is 0.928. The first-order valence-electron chi connectivity index (χ1n) is 7.91. The van der Waals surface area contributed by atoms with Gasteiger partial charge in [0.2, 0.25) is 0 Å². The summed E-state index contributed by atoms with van der Waals surface area (Å²) in [5.41, 5.74) is 1.75. The Balaban J connectivity index is 1.49. The molecule has 114 valence electrons. The molecule has 2 fully saturated rings. The molecule has 1 aromatic rings. The highest BCUT2D eigenvalue weighted by Crippen LogP contribution is 2.20. The van der Waals surface area contributed by atoms with E-state index in [0.717, 1.165) is 37.4 Å². The SMILES string of the molecule is Cc1cc(NC(=O)N2CC[C@@H](CN3CCCC3)C2)ccn1. The summed E-state index contributed by atoms with van der Waals surface area (Å²) >= 11 is 0. The molecular weight excluding hydrogens is 264 g/mol. The lowest BCUT2D eigenvalue weighted by Gasteiger charge is -2.21. The minimum absolute atomic E-state index is 0.0181. The normalized spacial score (nSPS) is 22.7. The van der Waals surface area contributed by atoms with Gasteiger partial charge in [0, 0.05) is 37.2 Å². The van der Waals surface area contributed by atoms with Crippen LogP contribution in [0, 0.1) is 12.8 Å². The van der Waals surface area contributed by atoms with Gasteiger partial charge in [0.05, 0.1) is 0 Å². The maximum Gasteiger partial charge on any atom is 0.321 e. The molecule has 21 heavy (non-hydrogen) atoms.